The van der Waals surface area contributed by atoms with E-state index in [2.05, 4.69) is 0 Å². The van der Waals surface area contributed by atoms with Crippen LogP contribution >= 0.6 is 34.8 Å². The summed E-state index contributed by atoms with van der Waals surface area (Å²) in [6.07, 6.45) is 2.99. The molecule has 1 aliphatic heterocycles. The van der Waals surface area contributed by atoms with Crippen LogP contribution in [0, 0.1) is 0 Å². The molecule has 1 aliphatic rings. The van der Waals surface area contributed by atoms with Crippen molar-refractivity contribution in [3.05, 3.63) is 37.7 Å². The van der Waals surface area contributed by atoms with Crippen LogP contribution in [0.1, 0.15) is 19.3 Å². The summed E-state index contributed by atoms with van der Waals surface area (Å²) >= 11 is 18.4. The maximum Gasteiger partial charge on any atom is 0.276 e. The molecule has 7 heteroatoms. The van der Waals surface area contributed by atoms with Gasteiger partial charge in [-0.1, -0.05) is 34.8 Å². The second kappa shape index (κ2) is 5.59. The summed E-state index contributed by atoms with van der Waals surface area (Å²) in [5, 5.41) is 10.5. The predicted molar refractivity (Wildman–Crippen MR) is 84.7 cm³/mol. The van der Waals surface area contributed by atoms with Crippen molar-refractivity contribution in [2.75, 3.05) is 0 Å². The Morgan fingerprint density at radius 3 is 2.33 bits per heavy atom. The van der Waals surface area contributed by atoms with Gasteiger partial charge in [0.1, 0.15) is 10.9 Å². The Morgan fingerprint density at radius 2 is 1.62 bits per heavy atom. The number of phenols is 1. The monoisotopic (exact) mass is 346 g/mol. The first-order valence-electron chi connectivity index (χ1n) is 6.68. The number of hydrogen-bond donors (Lipinski definition) is 1. The van der Waals surface area contributed by atoms with Crippen molar-refractivity contribution in [3.8, 4) is 16.9 Å². The van der Waals surface area contributed by atoms with E-state index in [4.69, 9.17) is 34.8 Å². The fourth-order valence-corrected chi connectivity index (χ4v) is 3.49. The van der Waals surface area contributed by atoms with Crippen LogP contribution in [0.15, 0.2) is 16.9 Å². The molecule has 1 aromatic heterocycles. The lowest BCUT2D eigenvalue weighted by molar-refractivity contribution is 0.476. The molecule has 4 nitrogen and oxygen atoms in total. The van der Waals surface area contributed by atoms with Crippen LogP contribution in [0.5, 0.6) is 5.75 Å². The minimum Gasteiger partial charge on any atom is -0.506 e. The number of hydrogen-bond acceptors (Lipinski definition) is 2. The van der Waals surface area contributed by atoms with Gasteiger partial charge in [0.2, 0.25) is 0 Å². The Hall–Kier alpha value is -1.10. The fourth-order valence-electron chi connectivity index (χ4n) is 2.66. The van der Waals surface area contributed by atoms with Crippen LogP contribution in [0.3, 0.4) is 0 Å². The minimum atomic E-state index is -0.189. The van der Waals surface area contributed by atoms with E-state index in [-0.39, 0.29) is 21.4 Å². The zero-order valence-electron chi connectivity index (χ0n) is 11.1. The summed E-state index contributed by atoms with van der Waals surface area (Å²) in [6, 6.07) is 2.80. The predicted octanol–water partition coefficient (Wildman–Crippen LogP) is 4.17. The van der Waals surface area contributed by atoms with Crippen molar-refractivity contribution in [1.29, 1.82) is 0 Å². The lowest BCUT2D eigenvalue weighted by atomic mass is 10.1. The maximum absolute atomic E-state index is 12.6. The average molecular weight is 348 g/mol. The van der Waals surface area contributed by atoms with Gasteiger partial charge >= 0.3 is 0 Å². The Balaban J connectivity index is 2.25. The summed E-state index contributed by atoms with van der Waals surface area (Å²) in [7, 11) is 0. The normalized spacial score (nSPS) is 14.8. The molecule has 1 N–H and O–H groups in total. The van der Waals surface area contributed by atoms with Crippen LogP contribution in [-0.4, -0.2) is 14.5 Å². The molecule has 0 atom stereocenters. The molecule has 0 aliphatic carbocycles. The van der Waals surface area contributed by atoms with Crippen LogP contribution in [0.25, 0.3) is 11.1 Å². The van der Waals surface area contributed by atoms with Gasteiger partial charge in [0.25, 0.3) is 5.56 Å². The molecule has 21 heavy (non-hydrogen) atoms. The SMILES string of the molecule is O=c1c(-c2cc(O)c(Cl)cc2Cl)c(Cl)n2n1CCCCC2. The third-order valence-electron chi connectivity index (χ3n) is 3.72. The highest BCUT2D eigenvalue weighted by molar-refractivity contribution is 6.38. The molecule has 0 amide bonds. The van der Waals surface area contributed by atoms with E-state index in [9.17, 15) is 9.90 Å². The molecule has 0 fully saturated rings. The summed E-state index contributed by atoms with van der Waals surface area (Å²) in [5.41, 5.74) is 0.530. The zero-order chi connectivity index (χ0) is 15.1. The standard InChI is InChI=1S/C14H13Cl3N2O2/c15-9-7-10(16)11(20)6-8(9)12-13(17)18-4-2-1-3-5-19(18)14(12)21/h6-7,20H,1-5H2. The summed E-state index contributed by atoms with van der Waals surface area (Å²) in [6.45, 7) is 1.33. The maximum atomic E-state index is 12.6. The number of rotatable bonds is 1. The summed E-state index contributed by atoms with van der Waals surface area (Å²) < 4.78 is 3.43. The second-order valence-corrected chi connectivity index (χ2v) is 6.23. The van der Waals surface area contributed by atoms with Gasteiger partial charge in [-0.15, -0.1) is 0 Å². The molecule has 0 radical (unpaired) electrons. The summed E-state index contributed by atoms with van der Waals surface area (Å²) in [5.74, 6) is -0.127. The van der Waals surface area contributed by atoms with E-state index < -0.39 is 0 Å². The van der Waals surface area contributed by atoms with E-state index >= 15 is 0 Å². The molecule has 0 saturated heterocycles. The van der Waals surface area contributed by atoms with Crippen LogP contribution in [-0.2, 0) is 13.1 Å². The molecule has 0 bridgehead atoms. The topological polar surface area (TPSA) is 47.2 Å². The molecule has 1 aromatic carbocycles. The number of fused-ring (bicyclic) bond motifs is 1. The Bertz CT molecular complexity index is 765. The van der Waals surface area contributed by atoms with E-state index in [1.54, 1.807) is 9.36 Å². The number of aromatic hydroxyl groups is 1. The third-order valence-corrected chi connectivity index (χ3v) is 4.72. The van der Waals surface area contributed by atoms with Gasteiger partial charge in [0.15, 0.2) is 0 Å². The largest absolute Gasteiger partial charge is 0.506 e. The molecular weight excluding hydrogens is 335 g/mol. The number of halogens is 3. The van der Waals surface area contributed by atoms with Crippen molar-refractivity contribution in [2.24, 2.45) is 0 Å². The lowest BCUT2D eigenvalue weighted by Gasteiger charge is -2.07. The van der Waals surface area contributed by atoms with Crippen molar-refractivity contribution in [1.82, 2.24) is 9.36 Å². The number of phenolic OH excluding ortho intramolecular Hbond substituents is 1. The first kappa shape index (κ1) is 14.8. The molecular formula is C14H13Cl3N2O2. The second-order valence-electron chi connectivity index (χ2n) is 5.06. The Labute approximate surface area is 136 Å². The molecule has 0 saturated carbocycles. The van der Waals surface area contributed by atoms with Crippen molar-refractivity contribution < 1.29 is 5.11 Å². The van der Waals surface area contributed by atoms with E-state index in [1.165, 1.54) is 12.1 Å². The Morgan fingerprint density at radius 1 is 0.952 bits per heavy atom. The van der Waals surface area contributed by atoms with Crippen molar-refractivity contribution in [2.45, 2.75) is 32.4 Å². The molecule has 2 aromatic rings. The highest BCUT2D eigenvalue weighted by Crippen LogP contribution is 2.38. The number of benzene rings is 1. The van der Waals surface area contributed by atoms with Gasteiger partial charge in [-0.3, -0.25) is 9.48 Å². The van der Waals surface area contributed by atoms with Crippen LogP contribution < -0.4 is 5.56 Å². The van der Waals surface area contributed by atoms with E-state index in [0.717, 1.165) is 19.3 Å². The van der Waals surface area contributed by atoms with Gasteiger partial charge in [-0.05, 0) is 31.4 Å². The van der Waals surface area contributed by atoms with Crippen LogP contribution in [0.4, 0.5) is 0 Å². The molecule has 0 spiro atoms. The quantitative estimate of drug-likeness (QED) is 0.841. The van der Waals surface area contributed by atoms with E-state index in [0.29, 0.717) is 29.4 Å². The number of aromatic nitrogens is 2. The molecule has 112 valence electrons. The zero-order valence-corrected chi connectivity index (χ0v) is 13.3. The average Bonchev–Trinajstić information content (AvgIpc) is 2.63. The van der Waals surface area contributed by atoms with Gasteiger partial charge in [-0.25, -0.2) is 4.68 Å². The van der Waals surface area contributed by atoms with Crippen molar-refractivity contribution in [3.63, 3.8) is 0 Å². The third kappa shape index (κ3) is 2.45. The molecule has 2 heterocycles. The van der Waals surface area contributed by atoms with Crippen LogP contribution in [0.2, 0.25) is 15.2 Å². The van der Waals surface area contributed by atoms with Gasteiger partial charge < -0.3 is 5.11 Å². The highest BCUT2D eigenvalue weighted by atomic mass is 35.5. The lowest BCUT2D eigenvalue weighted by Crippen LogP contribution is -2.22. The smallest absolute Gasteiger partial charge is 0.276 e. The summed E-state index contributed by atoms with van der Waals surface area (Å²) in [4.78, 5) is 12.6. The highest BCUT2D eigenvalue weighted by Gasteiger charge is 2.23. The fraction of sp³-hybridized carbons (Fsp3) is 0.357. The van der Waals surface area contributed by atoms with Gasteiger partial charge in [0.05, 0.1) is 15.6 Å². The molecule has 3 rings (SSSR count). The first-order valence-corrected chi connectivity index (χ1v) is 7.81. The van der Waals surface area contributed by atoms with E-state index in [1.807, 2.05) is 0 Å². The first-order chi connectivity index (χ1) is 10.0. The minimum absolute atomic E-state index is 0.127. The Kier molecular flexibility index (Phi) is 3.95. The van der Waals surface area contributed by atoms with Gasteiger partial charge in [0, 0.05) is 18.7 Å². The van der Waals surface area contributed by atoms with Gasteiger partial charge in [-0.2, -0.15) is 0 Å². The number of nitrogens with zero attached hydrogens (tertiary/aromatic N) is 2. The molecule has 0 unspecified atom stereocenters. The van der Waals surface area contributed by atoms with Crippen molar-refractivity contribution >= 4 is 34.8 Å².